The van der Waals surface area contributed by atoms with Crippen LogP contribution in [-0.2, 0) is 0 Å². The Morgan fingerprint density at radius 2 is 1.65 bits per heavy atom. The first-order valence-corrected chi connectivity index (χ1v) is 10.5. The number of anilines is 1. The number of ether oxygens (including phenoxy) is 1. The fourth-order valence-corrected chi connectivity index (χ4v) is 4.48. The fraction of sp³-hybridized carbons (Fsp3) is 0.120. The number of rotatable bonds is 5. The van der Waals surface area contributed by atoms with Crippen LogP contribution >= 0.6 is 12.2 Å². The molecule has 0 amide bonds. The van der Waals surface area contributed by atoms with Gasteiger partial charge in [-0.25, -0.2) is 0 Å². The minimum atomic E-state index is -0.0826. The number of methoxy groups -OCH3 is 1. The molecule has 2 aromatic heterocycles. The molecule has 0 saturated carbocycles. The predicted molar refractivity (Wildman–Crippen MR) is 127 cm³/mol. The van der Waals surface area contributed by atoms with Crippen LogP contribution in [0.5, 0.6) is 5.75 Å². The van der Waals surface area contributed by atoms with Crippen molar-refractivity contribution in [3.63, 3.8) is 0 Å². The molecule has 4 aromatic rings. The zero-order valence-corrected chi connectivity index (χ0v) is 17.9. The highest BCUT2D eigenvalue weighted by atomic mass is 32.1. The van der Waals surface area contributed by atoms with E-state index in [0.29, 0.717) is 5.11 Å². The van der Waals surface area contributed by atoms with Gasteiger partial charge in [-0.15, -0.1) is 0 Å². The van der Waals surface area contributed by atoms with Gasteiger partial charge in [0.15, 0.2) is 5.11 Å². The van der Waals surface area contributed by atoms with E-state index in [1.54, 1.807) is 7.11 Å². The molecule has 2 aromatic carbocycles. The molecule has 0 unspecified atom stereocenters. The summed E-state index contributed by atoms with van der Waals surface area (Å²) < 4.78 is 7.53. The van der Waals surface area contributed by atoms with Crippen molar-refractivity contribution in [2.75, 3.05) is 12.0 Å². The molecule has 1 aliphatic rings. The number of hydrogen-bond acceptors (Lipinski definition) is 3. The van der Waals surface area contributed by atoms with Gasteiger partial charge in [-0.3, -0.25) is 4.98 Å². The van der Waals surface area contributed by atoms with Gasteiger partial charge >= 0.3 is 0 Å². The number of para-hydroxylation sites is 1. The molecule has 1 fully saturated rings. The zero-order valence-electron chi connectivity index (χ0n) is 17.1. The number of nitrogens with zero attached hydrogens (tertiary/aromatic N) is 3. The summed E-state index contributed by atoms with van der Waals surface area (Å²) in [5.74, 6) is 0.832. The van der Waals surface area contributed by atoms with E-state index in [4.69, 9.17) is 17.0 Å². The minimum absolute atomic E-state index is 0.0677. The summed E-state index contributed by atoms with van der Waals surface area (Å²) in [5.41, 5.74) is 4.19. The van der Waals surface area contributed by atoms with Crippen LogP contribution in [0.15, 0.2) is 97.3 Å². The van der Waals surface area contributed by atoms with Crippen LogP contribution in [0.25, 0.3) is 5.69 Å². The average molecular weight is 427 g/mol. The van der Waals surface area contributed by atoms with Crippen molar-refractivity contribution in [1.82, 2.24) is 14.9 Å². The van der Waals surface area contributed by atoms with Crippen LogP contribution in [0.3, 0.4) is 0 Å². The van der Waals surface area contributed by atoms with Crippen LogP contribution in [0.4, 0.5) is 5.69 Å². The van der Waals surface area contributed by atoms with E-state index in [2.05, 4.69) is 62.4 Å². The van der Waals surface area contributed by atoms with E-state index in [1.165, 1.54) is 0 Å². The first kappa shape index (κ1) is 19.3. The number of thiocarbonyl (C=S) groups is 1. The molecule has 5 rings (SSSR count). The zero-order chi connectivity index (χ0) is 21.2. The van der Waals surface area contributed by atoms with Gasteiger partial charge in [0.25, 0.3) is 0 Å². The average Bonchev–Trinajstić information content (AvgIpc) is 3.44. The van der Waals surface area contributed by atoms with Crippen molar-refractivity contribution in [3.05, 3.63) is 109 Å². The van der Waals surface area contributed by atoms with Gasteiger partial charge in [0, 0.05) is 29.5 Å². The molecule has 1 saturated heterocycles. The third-order valence-electron chi connectivity index (χ3n) is 5.57. The Morgan fingerprint density at radius 3 is 2.35 bits per heavy atom. The van der Waals surface area contributed by atoms with Gasteiger partial charge in [-0.05, 0) is 72.9 Å². The number of aromatic nitrogens is 2. The Balaban J connectivity index is 1.64. The number of nitrogens with one attached hydrogen (secondary N) is 1. The van der Waals surface area contributed by atoms with Gasteiger partial charge in [0.05, 0.1) is 18.8 Å². The summed E-state index contributed by atoms with van der Waals surface area (Å²) in [6, 6.07) is 28.4. The summed E-state index contributed by atoms with van der Waals surface area (Å²) in [6.45, 7) is 0. The van der Waals surface area contributed by atoms with Crippen molar-refractivity contribution < 1.29 is 4.74 Å². The highest BCUT2D eigenvalue weighted by Gasteiger charge is 2.42. The van der Waals surface area contributed by atoms with Crippen LogP contribution in [0.1, 0.15) is 23.5 Å². The lowest BCUT2D eigenvalue weighted by atomic mass is 10.0. The summed E-state index contributed by atoms with van der Waals surface area (Å²) in [5, 5.41) is 4.20. The summed E-state index contributed by atoms with van der Waals surface area (Å²) in [7, 11) is 1.68. The second-order valence-electron chi connectivity index (χ2n) is 7.33. The number of hydrogen-bond donors (Lipinski definition) is 1. The van der Waals surface area contributed by atoms with E-state index < -0.39 is 0 Å². The van der Waals surface area contributed by atoms with E-state index >= 15 is 0 Å². The van der Waals surface area contributed by atoms with Gasteiger partial charge < -0.3 is 19.5 Å². The molecular weight excluding hydrogens is 404 g/mol. The van der Waals surface area contributed by atoms with Crippen LogP contribution < -0.4 is 15.0 Å². The smallest absolute Gasteiger partial charge is 0.174 e. The number of pyridine rings is 1. The Hall–Kier alpha value is -3.64. The maximum Gasteiger partial charge on any atom is 0.174 e. The third kappa shape index (κ3) is 3.55. The maximum absolute atomic E-state index is 5.80. The van der Waals surface area contributed by atoms with E-state index in [0.717, 1.165) is 28.5 Å². The SMILES string of the molecule is COc1ccc(-n2cccc2[C@@H]2[C@@H](c3ccccn3)NC(=S)N2c2ccccc2)cc1. The second kappa shape index (κ2) is 8.24. The molecule has 31 heavy (non-hydrogen) atoms. The lowest BCUT2D eigenvalue weighted by molar-refractivity contribution is 0.414. The lowest BCUT2D eigenvalue weighted by Crippen LogP contribution is -2.30. The Morgan fingerprint density at radius 1 is 0.871 bits per heavy atom. The van der Waals surface area contributed by atoms with Gasteiger partial charge in [0.1, 0.15) is 11.8 Å². The fourth-order valence-electron chi connectivity index (χ4n) is 4.14. The van der Waals surface area contributed by atoms with Crippen molar-refractivity contribution >= 4 is 23.0 Å². The number of benzene rings is 2. The summed E-state index contributed by atoms with van der Waals surface area (Å²) in [6.07, 6.45) is 3.90. The molecule has 3 heterocycles. The monoisotopic (exact) mass is 426 g/mol. The first-order valence-electron chi connectivity index (χ1n) is 10.1. The third-order valence-corrected chi connectivity index (χ3v) is 5.88. The van der Waals surface area contributed by atoms with Gasteiger partial charge in [-0.1, -0.05) is 24.3 Å². The molecule has 0 spiro atoms. The van der Waals surface area contributed by atoms with Crippen molar-refractivity contribution in [3.8, 4) is 11.4 Å². The molecule has 0 bridgehead atoms. The molecule has 1 aliphatic heterocycles. The summed E-state index contributed by atoms with van der Waals surface area (Å²) in [4.78, 5) is 6.82. The molecule has 154 valence electrons. The van der Waals surface area contributed by atoms with Crippen molar-refractivity contribution in [2.24, 2.45) is 0 Å². The van der Waals surface area contributed by atoms with Crippen LogP contribution in [-0.4, -0.2) is 21.8 Å². The van der Waals surface area contributed by atoms with Crippen molar-refractivity contribution in [1.29, 1.82) is 0 Å². The normalized spacial score (nSPS) is 18.1. The van der Waals surface area contributed by atoms with Gasteiger partial charge in [-0.2, -0.15) is 0 Å². The molecule has 1 N–H and O–H groups in total. The summed E-state index contributed by atoms with van der Waals surface area (Å²) >= 11 is 5.80. The molecular formula is C25H22N4OS. The molecule has 6 heteroatoms. The molecule has 5 nitrogen and oxygen atoms in total. The standard InChI is InChI=1S/C25H22N4OS/c1-30-20-14-12-18(13-15-20)28-17-7-11-22(28)24-23(21-10-5-6-16-26-21)27-25(31)29(24)19-8-3-2-4-9-19/h2-17,23-24H,1H3,(H,27,31)/t23-,24-/m1/s1. The van der Waals surface area contributed by atoms with Crippen LogP contribution in [0, 0.1) is 0 Å². The molecule has 2 atom stereocenters. The van der Waals surface area contributed by atoms with Crippen molar-refractivity contribution in [2.45, 2.75) is 12.1 Å². The minimum Gasteiger partial charge on any atom is -0.497 e. The molecule has 0 radical (unpaired) electrons. The lowest BCUT2D eigenvalue weighted by Gasteiger charge is -2.29. The Kier molecular flexibility index (Phi) is 5.14. The Bertz CT molecular complexity index is 1180. The largest absolute Gasteiger partial charge is 0.497 e. The first-order chi connectivity index (χ1) is 15.3. The van der Waals surface area contributed by atoms with E-state index in [9.17, 15) is 0 Å². The van der Waals surface area contributed by atoms with E-state index in [1.807, 2.05) is 54.7 Å². The topological polar surface area (TPSA) is 42.3 Å². The highest BCUT2D eigenvalue weighted by molar-refractivity contribution is 7.80. The van der Waals surface area contributed by atoms with Gasteiger partial charge in [0.2, 0.25) is 0 Å². The van der Waals surface area contributed by atoms with Crippen LogP contribution in [0.2, 0.25) is 0 Å². The predicted octanol–water partition coefficient (Wildman–Crippen LogP) is 5.06. The molecule has 0 aliphatic carbocycles. The highest BCUT2D eigenvalue weighted by Crippen LogP contribution is 2.42. The quantitative estimate of drug-likeness (QED) is 0.452. The Labute approximate surface area is 186 Å². The second-order valence-corrected chi connectivity index (χ2v) is 7.72. The van der Waals surface area contributed by atoms with E-state index in [-0.39, 0.29) is 12.1 Å². The maximum atomic E-state index is 5.80.